The molecule has 1 saturated heterocycles. The van der Waals surface area contributed by atoms with E-state index in [-0.39, 0.29) is 5.57 Å². The lowest BCUT2D eigenvalue weighted by molar-refractivity contribution is 0.115. The highest BCUT2D eigenvalue weighted by atomic mass is 19.3. The van der Waals surface area contributed by atoms with Gasteiger partial charge in [0.15, 0.2) is 0 Å². The first kappa shape index (κ1) is 6.68. The van der Waals surface area contributed by atoms with E-state index >= 15 is 0 Å². The van der Waals surface area contributed by atoms with Crippen molar-refractivity contribution in [3.05, 3.63) is 11.7 Å². The van der Waals surface area contributed by atoms with Gasteiger partial charge in [-0.15, -0.1) is 0 Å². The molecule has 1 fully saturated rings. The predicted octanol–water partition coefficient (Wildman–Crippen LogP) is 1.95. The zero-order valence-electron chi connectivity index (χ0n) is 4.99. The van der Waals surface area contributed by atoms with Crippen LogP contribution in [0, 0.1) is 0 Å². The first-order valence-electron chi connectivity index (χ1n) is 2.91. The molecule has 0 aromatic heterocycles. The van der Waals surface area contributed by atoms with Crippen molar-refractivity contribution in [1.82, 2.24) is 0 Å². The molecule has 0 unspecified atom stereocenters. The molecule has 1 heterocycles. The molecule has 0 radical (unpaired) electrons. The molecular weight excluding hydrogens is 126 g/mol. The Labute approximate surface area is 52.3 Å². The molecule has 9 heavy (non-hydrogen) atoms. The third-order valence-electron chi connectivity index (χ3n) is 1.36. The lowest BCUT2D eigenvalue weighted by Crippen LogP contribution is -2.07. The lowest BCUT2D eigenvalue weighted by Gasteiger charge is -2.12. The van der Waals surface area contributed by atoms with Crippen LogP contribution >= 0.6 is 0 Å². The molecule has 0 N–H and O–H groups in total. The van der Waals surface area contributed by atoms with Gasteiger partial charge in [-0.05, 0) is 18.4 Å². The second kappa shape index (κ2) is 2.92. The molecule has 0 aromatic rings. The van der Waals surface area contributed by atoms with Gasteiger partial charge in [-0.3, -0.25) is 0 Å². The summed E-state index contributed by atoms with van der Waals surface area (Å²) in [5.74, 6) is 0. The molecule has 3 heteroatoms. The predicted molar refractivity (Wildman–Crippen MR) is 29.3 cm³/mol. The monoisotopic (exact) mass is 134 g/mol. The SMILES string of the molecule is FC(F)=C1CCOCC1. The fraction of sp³-hybridized carbons (Fsp3) is 0.667. The van der Waals surface area contributed by atoms with Gasteiger partial charge in [0.2, 0.25) is 0 Å². The molecule has 0 aliphatic carbocycles. The van der Waals surface area contributed by atoms with Crippen molar-refractivity contribution < 1.29 is 13.5 Å². The van der Waals surface area contributed by atoms with Crippen molar-refractivity contribution in [2.75, 3.05) is 13.2 Å². The lowest BCUT2D eigenvalue weighted by atomic mass is 10.1. The van der Waals surface area contributed by atoms with Gasteiger partial charge in [-0.2, -0.15) is 8.78 Å². The van der Waals surface area contributed by atoms with Crippen molar-refractivity contribution in [1.29, 1.82) is 0 Å². The molecule has 0 amide bonds. The van der Waals surface area contributed by atoms with Crippen molar-refractivity contribution in [2.45, 2.75) is 12.8 Å². The van der Waals surface area contributed by atoms with Gasteiger partial charge in [0.25, 0.3) is 6.08 Å². The Kier molecular flexibility index (Phi) is 2.16. The number of ether oxygens (including phenoxy) is 1. The van der Waals surface area contributed by atoms with Gasteiger partial charge in [-0.25, -0.2) is 0 Å². The highest BCUT2D eigenvalue weighted by molar-refractivity contribution is 5.03. The summed E-state index contributed by atoms with van der Waals surface area (Å²) in [6, 6.07) is 0. The van der Waals surface area contributed by atoms with Crippen LogP contribution in [-0.4, -0.2) is 13.2 Å². The average molecular weight is 134 g/mol. The summed E-state index contributed by atoms with van der Waals surface area (Å²) in [5.41, 5.74) is 0.265. The Hall–Kier alpha value is -0.440. The van der Waals surface area contributed by atoms with Crippen LogP contribution in [0.3, 0.4) is 0 Å². The molecule has 52 valence electrons. The normalized spacial score (nSPS) is 20.0. The summed E-state index contributed by atoms with van der Waals surface area (Å²) in [5, 5.41) is 0. The Morgan fingerprint density at radius 3 is 2.11 bits per heavy atom. The minimum Gasteiger partial charge on any atom is -0.381 e. The Balaban J connectivity index is 2.49. The zero-order valence-corrected chi connectivity index (χ0v) is 4.99. The van der Waals surface area contributed by atoms with E-state index in [4.69, 9.17) is 4.74 Å². The summed E-state index contributed by atoms with van der Waals surface area (Å²) >= 11 is 0. The summed E-state index contributed by atoms with van der Waals surface area (Å²) in [4.78, 5) is 0. The standard InChI is InChI=1S/C6H8F2O/c7-6(8)5-1-3-9-4-2-5/h1-4H2. The van der Waals surface area contributed by atoms with Crippen LogP contribution in [-0.2, 0) is 4.74 Å². The maximum absolute atomic E-state index is 11.7. The van der Waals surface area contributed by atoms with Gasteiger partial charge in [0, 0.05) is 0 Å². The second-order valence-electron chi connectivity index (χ2n) is 1.98. The first-order chi connectivity index (χ1) is 4.30. The minimum absolute atomic E-state index is 0.265. The van der Waals surface area contributed by atoms with E-state index in [1.165, 1.54) is 0 Å². The van der Waals surface area contributed by atoms with Gasteiger partial charge < -0.3 is 4.74 Å². The van der Waals surface area contributed by atoms with Gasteiger partial charge in [0.05, 0.1) is 13.2 Å². The number of hydrogen-bond donors (Lipinski definition) is 0. The van der Waals surface area contributed by atoms with Crippen LogP contribution in [0.4, 0.5) is 8.78 Å². The van der Waals surface area contributed by atoms with Crippen LogP contribution in [0.1, 0.15) is 12.8 Å². The van der Waals surface area contributed by atoms with Crippen LogP contribution in [0.5, 0.6) is 0 Å². The van der Waals surface area contributed by atoms with Gasteiger partial charge in [0.1, 0.15) is 0 Å². The van der Waals surface area contributed by atoms with Crippen LogP contribution in [0.15, 0.2) is 11.7 Å². The zero-order chi connectivity index (χ0) is 6.69. The smallest absolute Gasteiger partial charge is 0.269 e. The van der Waals surface area contributed by atoms with E-state index in [2.05, 4.69) is 0 Å². The van der Waals surface area contributed by atoms with E-state index in [9.17, 15) is 8.78 Å². The van der Waals surface area contributed by atoms with E-state index in [0.29, 0.717) is 26.1 Å². The third-order valence-corrected chi connectivity index (χ3v) is 1.36. The van der Waals surface area contributed by atoms with Crippen molar-refractivity contribution in [3.63, 3.8) is 0 Å². The van der Waals surface area contributed by atoms with E-state index < -0.39 is 6.08 Å². The summed E-state index contributed by atoms with van der Waals surface area (Å²) < 4.78 is 28.4. The van der Waals surface area contributed by atoms with Gasteiger partial charge in [-0.1, -0.05) is 0 Å². The van der Waals surface area contributed by atoms with Gasteiger partial charge >= 0.3 is 0 Å². The molecule has 1 aliphatic heterocycles. The maximum Gasteiger partial charge on any atom is 0.269 e. The largest absolute Gasteiger partial charge is 0.381 e. The molecular formula is C6H8F2O. The number of hydrogen-bond acceptors (Lipinski definition) is 1. The maximum atomic E-state index is 11.7. The Bertz CT molecular complexity index is 119. The first-order valence-corrected chi connectivity index (χ1v) is 2.91. The highest BCUT2D eigenvalue weighted by Crippen LogP contribution is 2.19. The third kappa shape index (κ3) is 1.75. The summed E-state index contributed by atoms with van der Waals surface area (Å²) in [6.45, 7) is 0.902. The fourth-order valence-corrected chi connectivity index (χ4v) is 0.807. The number of halogens is 2. The van der Waals surface area contributed by atoms with Crippen molar-refractivity contribution in [3.8, 4) is 0 Å². The fourth-order valence-electron chi connectivity index (χ4n) is 0.807. The number of rotatable bonds is 0. The van der Waals surface area contributed by atoms with E-state index in [1.807, 2.05) is 0 Å². The summed E-state index contributed by atoms with van der Waals surface area (Å²) in [6.07, 6.45) is -0.705. The van der Waals surface area contributed by atoms with E-state index in [0.717, 1.165) is 0 Å². The summed E-state index contributed by atoms with van der Waals surface area (Å²) in [7, 11) is 0. The van der Waals surface area contributed by atoms with E-state index in [1.54, 1.807) is 0 Å². The van der Waals surface area contributed by atoms with Crippen LogP contribution in [0.25, 0.3) is 0 Å². The topological polar surface area (TPSA) is 9.23 Å². The molecule has 0 bridgehead atoms. The van der Waals surface area contributed by atoms with Crippen LogP contribution in [0.2, 0.25) is 0 Å². The highest BCUT2D eigenvalue weighted by Gasteiger charge is 2.10. The van der Waals surface area contributed by atoms with Crippen molar-refractivity contribution >= 4 is 0 Å². The minimum atomic E-state index is -1.52. The molecule has 0 aromatic carbocycles. The molecule has 1 nitrogen and oxygen atoms in total. The molecule has 0 saturated carbocycles. The van der Waals surface area contributed by atoms with Crippen molar-refractivity contribution in [2.24, 2.45) is 0 Å². The second-order valence-corrected chi connectivity index (χ2v) is 1.98. The molecule has 1 rings (SSSR count). The molecule has 0 spiro atoms. The Morgan fingerprint density at radius 1 is 1.22 bits per heavy atom. The Morgan fingerprint density at radius 2 is 1.78 bits per heavy atom. The molecule has 1 aliphatic rings. The molecule has 0 atom stereocenters. The average Bonchev–Trinajstić information content (AvgIpc) is 1.90. The van der Waals surface area contributed by atoms with Crippen LogP contribution < -0.4 is 0 Å². The quantitative estimate of drug-likeness (QED) is 0.492.